The maximum absolute atomic E-state index is 11.8. The van der Waals surface area contributed by atoms with Crippen LogP contribution in [0.1, 0.15) is 29.4 Å². The zero-order chi connectivity index (χ0) is 19.9. The lowest BCUT2D eigenvalue weighted by Crippen LogP contribution is -2.11. The van der Waals surface area contributed by atoms with Gasteiger partial charge in [0, 0.05) is 22.1 Å². The van der Waals surface area contributed by atoms with Crippen molar-refractivity contribution in [3.05, 3.63) is 68.8 Å². The molecule has 0 aliphatic carbocycles. The molecule has 2 aromatic rings. The van der Waals surface area contributed by atoms with Crippen molar-refractivity contribution in [3.63, 3.8) is 0 Å². The first-order chi connectivity index (χ1) is 12.7. The first-order valence-electron chi connectivity index (χ1n) is 8.49. The molecule has 2 heterocycles. The number of aliphatic hydroxyl groups is 1. The van der Waals surface area contributed by atoms with Gasteiger partial charge in [0.15, 0.2) is 5.76 Å². The Bertz CT molecular complexity index is 1040. The molecule has 140 valence electrons. The predicted molar refractivity (Wildman–Crippen MR) is 108 cm³/mol. The van der Waals surface area contributed by atoms with E-state index in [-0.39, 0.29) is 11.3 Å². The van der Waals surface area contributed by atoms with E-state index in [9.17, 15) is 9.90 Å². The monoisotopic (exact) mass is 384 g/mol. The highest BCUT2D eigenvalue weighted by molar-refractivity contribution is 6.31. The molecule has 0 fully saturated rings. The fourth-order valence-electron chi connectivity index (χ4n) is 3.24. The van der Waals surface area contributed by atoms with Gasteiger partial charge < -0.3 is 14.4 Å². The topological polar surface area (TPSA) is 63.8 Å². The molecular weight excluding hydrogens is 364 g/mol. The maximum atomic E-state index is 11.8. The van der Waals surface area contributed by atoms with Gasteiger partial charge in [0.25, 0.3) is 0 Å². The Morgan fingerprint density at radius 3 is 2.56 bits per heavy atom. The number of aryl methyl sites for hydroxylation is 2. The molecule has 1 aliphatic heterocycles. The van der Waals surface area contributed by atoms with Gasteiger partial charge in [0.05, 0.1) is 12.8 Å². The van der Waals surface area contributed by atoms with Crippen LogP contribution in [0.2, 0.25) is 5.02 Å². The summed E-state index contributed by atoms with van der Waals surface area (Å²) in [6, 6.07) is 7.93. The third kappa shape index (κ3) is 3.30. The Balaban J connectivity index is 2.08. The third-order valence-corrected chi connectivity index (χ3v) is 5.10. The minimum atomic E-state index is -0.600. The van der Waals surface area contributed by atoms with Crippen LogP contribution in [-0.2, 0) is 9.53 Å². The molecular formula is C21H21ClN2O3. The molecule has 1 aromatic carbocycles. The van der Waals surface area contributed by atoms with Crippen LogP contribution in [0.3, 0.4) is 0 Å². The van der Waals surface area contributed by atoms with Crippen molar-refractivity contribution >= 4 is 29.4 Å². The fourth-order valence-corrected chi connectivity index (χ4v) is 3.41. The van der Waals surface area contributed by atoms with Gasteiger partial charge in [-0.05, 0) is 63.1 Å². The number of hydrogen-bond acceptors (Lipinski definition) is 4. The van der Waals surface area contributed by atoms with E-state index in [1.165, 1.54) is 7.11 Å². The number of halogens is 1. The number of hydrogen-bond donors (Lipinski definition) is 1. The number of benzene rings is 1. The highest BCUT2D eigenvalue weighted by atomic mass is 35.5. The van der Waals surface area contributed by atoms with Crippen molar-refractivity contribution in [2.75, 3.05) is 7.11 Å². The van der Waals surface area contributed by atoms with Crippen LogP contribution in [-0.4, -0.2) is 28.5 Å². The van der Waals surface area contributed by atoms with E-state index in [0.717, 1.165) is 28.2 Å². The van der Waals surface area contributed by atoms with Crippen molar-refractivity contribution < 1.29 is 14.6 Å². The molecule has 0 unspecified atom stereocenters. The molecule has 0 spiro atoms. The molecule has 1 N–H and O–H groups in total. The lowest BCUT2D eigenvalue weighted by Gasteiger charge is -2.11. The van der Waals surface area contributed by atoms with E-state index in [1.807, 2.05) is 45.0 Å². The standard InChI is InChI=1S/C21H21ClN2O3/c1-11-6-7-16(10-17(11)22)24-12(2)8-15(14(24)4)9-18-20(25)19(13(3)23-18)21(26)27-5/h6-10,25H,1-5H3/b18-9-. The van der Waals surface area contributed by atoms with Gasteiger partial charge in [-0.2, -0.15) is 0 Å². The largest absolute Gasteiger partial charge is 0.505 e. The van der Waals surface area contributed by atoms with Gasteiger partial charge in [-0.25, -0.2) is 9.79 Å². The van der Waals surface area contributed by atoms with Crippen molar-refractivity contribution in [1.82, 2.24) is 4.57 Å². The molecule has 0 saturated carbocycles. The second-order valence-corrected chi connectivity index (χ2v) is 6.94. The van der Waals surface area contributed by atoms with E-state index in [2.05, 4.69) is 9.56 Å². The van der Waals surface area contributed by atoms with Gasteiger partial charge in [0.2, 0.25) is 0 Å². The molecule has 3 rings (SSSR count). The van der Waals surface area contributed by atoms with Crippen LogP contribution in [0.5, 0.6) is 0 Å². The molecule has 0 saturated heterocycles. The third-order valence-electron chi connectivity index (χ3n) is 4.70. The van der Waals surface area contributed by atoms with Crippen molar-refractivity contribution in [2.24, 2.45) is 4.99 Å². The first kappa shape index (κ1) is 19.0. The average molecular weight is 385 g/mol. The summed E-state index contributed by atoms with van der Waals surface area (Å²) in [5, 5.41) is 11.1. The number of aromatic nitrogens is 1. The number of esters is 1. The summed E-state index contributed by atoms with van der Waals surface area (Å²) in [7, 11) is 1.28. The highest BCUT2D eigenvalue weighted by Gasteiger charge is 2.27. The van der Waals surface area contributed by atoms with Gasteiger partial charge in [0.1, 0.15) is 11.3 Å². The Hall–Kier alpha value is -2.79. The lowest BCUT2D eigenvalue weighted by molar-refractivity contribution is -0.135. The van der Waals surface area contributed by atoms with Crippen LogP contribution in [0.15, 0.2) is 46.3 Å². The number of carbonyl (C=O) groups is 1. The molecule has 0 radical (unpaired) electrons. The summed E-state index contributed by atoms with van der Waals surface area (Å²) in [6.07, 6.45) is 1.77. The van der Waals surface area contributed by atoms with Gasteiger partial charge in [-0.3, -0.25) is 0 Å². The number of methoxy groups -OCH3 is 1. The van der Waals surface area contributed by atoms with Crippen molar-refractivity contribution in [3.8, 4) is 5.69 Å². The Kier molecular flexibility index (Phi) is 4.98. The summed E-state index contributed by atoms with van der Waals surface area (Å²) in [4.78, 5) is 16.2. The number of carbonyl (C=O) groups excluding carboxylic acids is 1. The molecule has 5 nitrogen and oxygen atoms in total. The molecule has 0 atom stereocenters. The van der Waals surface area contributed by atoms with Crippen LogP contribution < -0.4 is 0 Å². The minimum Gasteiger partial charge on any atom is -0.505 e. The minimum absolute atomic E-state index is 0.0999. The van der Waals surface area contributed by atoms with E-state index >= 15 is 0 Å². The van der Waals surface area contributed by atoms with Crippen LogP contribution in [0.25, 0.3) is 11.8 Å². The highest BCUT2D eigenvalue weighted by Crippen LogP contribution is 2.30. The summed E-state index contributed by atoms with van der Waals surface area (Å²) in [5.74, 6) is -0.764. The Morgan fingerprint density at radius 1 is 1.22 bits per heavy atom. The van der Waals surface area contributed by atoms with Crippen LogP contribution in [0.4, 0.5) is 0 Å². The number of ether oxygens (including phenoxy) is 1. The van der Waals surface area contributed by atoms with Crippen molar-refractivity contribution in [1.29, 1.82) is 0 Å². The Labute approximate surface area is 163 Å². The van der Waals surface area contributed by atoms with Gasteiger partial charge in [-0.1, -0.05) is 17.7 Å². The zero-order valence-corrected chi connectivity index (χ0v) is 16.7. The molecule has 1 aromatic heterocycles. The van der Waals surface area contributed by atoms with Crippen LogP contribution >= 0.6 is 11.6 Å². The Morgan fingerprint density at radius 2 is 1.93 bits per heavy atom. The van der Waals surface area contributed by atoms with Gasteiger partial charge >= 0.3 is 5.97 Å². The van der Waals surface area contributed by atoms with Gasteiger partial charge in [-0.15, -0.1) is 0 Å². The number of aliphatic imine (C=N–C) groups is 1. The van der Waals surface area contributed by atoms with E-state index < -0.39 is 5.97 Å². The SMILES string of the molecule is COC(=O)C1=C(O)/C(=C/c2cc(C)n(-c3ccc(C)c(Cl)c3)c2C)N=C1C. The predicted octanol–water partition coefficient (Wildman–Crippen LogP) is 4.86. The number of nitrogens with zero attached hydrogens (tertiary/aromatic N) is 2. The second-order valence-electron chi connectivity index (χ2n) is 6.54. The second kappa shape index (κ2) is 7.08. The van der Waals surface area contributed by atoms with E-state index in [0.29, 0.717) is 16.4 Å². The average Bonchev–Trinajstić information content (AvgIpc) is 3.05. The maximum Gasteiger partial charge on any atom is 0.343 e. The fraction of sp³-hybridized carbons (Fsp3) is 0.238. The summed E-state index contributed by atoms with van der Waals surface area (Å²) in [6.45, 7) is 7.62. The number of rotatable bonds is 3. The summed E-state index contributed by atoms with van der Waals surface area (Å²) >= 11 is 6.28. The molecule has 1 aliphatic rings. The molecule has 6 heteroatoms. The first-order valence-corrected chi connectivity index (χ1v) is 8.87. The number of aliphatic hydroxyl groups excluding tert-OH is 1. The normalized spacial score (nSPS) is 15.5. The smallest absolute Gasteiger partial charge is 0.343 e. The molecule has 0 amide bonds. The van der Waals surface area contributed by atoms with E-state index in [4.69, 9.17) is 16.3 Å². The van der Waals surface area contributed by atoms with E-state index in [1.54, 1.807) is 13.0 Å². The summed E-state index contributed by atoms with van der Waals surface area (Å²) < 4.78 is 6.81. The quantitative estimate of drug-likeness (QED) is 0.769. The summed E-state index contributed by atoms with van der Waals surface area (Å²) in [5.41, 5.74) is 5.76. The van der Waals surface area contributed by atoms with Crippen LogP contribution in [0, 0.1) is 20.8 Å². The van der Waals surface area contributed by atoms with Crippen molar-refractivity contribution in [2.45, 2.75) is 27.7 Å². The molecule has 27 heavy (non-hydrogen) atoms. The zero-order valence-electron chi connectivity index (χ0n) is 15.9. The molecule has 0 bridgehead atoms. The lowest BCUT2D eigenvalue weighted by atomic mass is 10.1.